The summed E-state index contributed by atoms with van der Waals surface area (Å²) in [6, 6.07) is 5.82. The Morgan fingerprint density at radius 1 is 1.40 bits per heavy atom. The van der Waals surface area contributed by atoms with E-state index in [2.05, 4.69) is 10.6 Å². The minimum absolute atomic E-state index is 0.00303. The van der Waals surface area contributed by atoms with Crippen molar-refractivity contribution in [3.8, 4) is 5.75 Å². The van der Waals surface area contributed by atoms with Crippen molar-refractivity contribution in [2.24, 2.45) is 0 Å². The second-order valence-corrected chi connectivity index (χ2v) is 5.49. The number of carbonyl (C=O) groups is 1. The highest BCUT2D eigenvalue weighted by Crippen LogP contribution is 2.27. The standard InChI is InChI=1S/C15H21ClN2O2/c1-20-14-7-6-12(10-13(14)16)18-15(19)8-9-17-11-4-2-3-5-11/h6-7,10-11,17H,2-5,8-9H2,1H3,(H,18,19). The Labute approximate surface area is 124 Å². The maximum atomic E-state index is 11.8. The maximum absolute atomic E-state index is 11.8. The molecule has 1 saturated carbocycles. The fraction of sp³-hybridized carbons (Fsp3) is 0.533. The summed E-state index contributed by atoms with van der Waals surface area (Å²) in [5, 5.41) is 6.76. The molecule has 0 spiro atoms. The number of carbonyl (C=O) groups excluding carboxylic acids is 1. The van der Waals surface area contributed by atoms with Crippen molar-refractivity contribution < 1.29 is 9.53 Å². The maximum Gasteiger partial charge on any atom is 0.225 e. The molecule has 20 heavy (non-hydrogen) atoms. The molecule has 0 aromatic heterocycles. The summed E-state index contributed by atoms with van der Waals surface area (Å²) in [7, 11) is 1.56. The van der Waals surface area contributed by atoms with E-state index >= 15 is 0 Å². The number of nitrogens with one attached hydrogen (secondary N) is 2. The molecule has 0 aliphatic heterocycles. The summed E-state index contributed by atoms with van der Waals surface area (Å²) in [4.78, 5) is 11.8. The zero-order chi connectivity index (χ0) is 14.4. The molecule has 1 fully saturated rings. The van der Waals surface area contributed by atoms with E-state index < -0.39 is 0 Å². The van der Waals surface area contributed by atoms with Crippen LogP contribution in [0.1, 0.15) is 32.1 Å². The molecule has 1 aromatic carbocycles. The van der Waals surface area contributed by atoms with Gasteiger partial charge in [-0.3, -0.25) is 4.79 Å². The predicted molar refractivity (Wildman–Crippen MR) is 81.5 cm³/mol. The number of anilines is 1. The molecule has 0 unspecified atom stereocenters. The van der Waals surface area contributed by atoms with Crippen LogP contribution in [-0.2, 0) is 4.79 Å². The van der Waals surface area contributed by atoms with Crippen molar-refractivity contribution in [3.05, 3.63) is 23.2 Å². The molecule has 0 saturated heterocycles. The van der Waals surface area contributed by atoms with Gasteiger partial charge in [0, 0.05) is 24.7 Å². The second-order valence-electron chi connectivity index (χ2n) is 5.08. The molecule has 0 heterocycles. The Morgan fingerprint density at radius 2 is 2.15 bits per heavy atom. The molecule has 2 N–H and O–H groups in total. The lowest BCUT2D eigenvalue weighted by molar-refractivity contribution is -0.116. The van der Waals surface area contributed by atoms with E-state index in [-0.39, 0.29) is 5.91 Å². The number of hydrogen-bond donors (Lipinski definition) is 2. The van der Waals surface area contributed by atoms with Crippen LogP contribution in [0.3, 0.4) is 0 Å². The first-order chi connectivity index (χ1) is 9.69. The summed E-state index contributed by atoms with van der Waals surface area (Å²) in [5.41, 5.74) is 0.696. The largest absolute Gasteiger partial charge is 0.495 e. The van der Waals surface area contributed by atoms with Crippen molar-refractivity contribution in [2.45, 2.75) is 38.1 Å². The predicted octanol–water partition coefficient (Wildman–Crippen LogP) is 3.21. The lowest BCUT2D eigenvalue weighted by Crippen LogP contribution is -2.29. The van der Waals surface area contributed by atoms with Gasteiger partial charge in [0.1, 0.15) is 5.75 Å². The number of halogens is 1. The highest BCUT2D eigenvalue weighted by Gasteiger charge is 2.14. The molecule has 1 amide bonds. The third-order valence-corrected chi connectivity index (χ3v) is 3.87. The monoisotopic (exact) mass is 296 g/mol. The third kappa shape index (κ3) is 4.39. The number of amides is 1. The number of rotatable bonds is 6. The fourth-order valence-corrected chi connectivity index (χ4v) is 2.75. The van der Waals surface area contributed by atoms with Gasteiger partial charge in [0.2, 0.25) is 5.91 Å². The topological polar surface area (TPSA) is 50.4 Å². The molecule has 0 bridgehead atoms. The van der Waals surface area contributed by atoms with Gasteiger partial charge in [-0.05, 0) is 31.0 Å². The van der Waals surface area contributed by atoms with Gasteiger partial charge in [0.15, 0.2) is 0 Å². The van der Waals surface area contributed by atoms with Gasteiger partial charge < -0.3 is 15.4 Å². The Hall–Kier alpha value is -1.26. The summed E-state index contributed by atoms with van der Waals surface area (Å²) in [5.74, 6) is 0.601. The Bertz CT molecular complexity index is 459. The van der Waals surface area contributed by atoms with Crippen LogP contribution >= 0.6 is 11.6 Å². The molecule has 4 nitrogen and oxygen atoms in total. The average molecular weight is 297 g/mol. The van der Waals surface area contributed by atoms with Crippen LogP contribution in [0.25, 0.3) is 0 Å². The van der Waals surface area contributed by atoms with Crippen LogP contribution in [0.4, 0.5) is 5.69 Å². The van der Waals surface area contributed by atoms with Crippen molar-refractivity contribution in [1.29, 1.82) is 0 Å². The number of hydrogen-bond acceptors (Lipinski definition) is 3. The van der Waals surface area contributed by atoms with Gasteiger partial charge in [-0.1, -0.05) is 24.4 Å². The lowest BCUT2D eigenvalue weighted by atomic mass is 10.2. The SMILES string of the molecule is COc1ccc(NC(=O)CCNC2CCCC2)cc1Cl. The van der Waals surface area contributed by atoms with E-state index in [0.717, 1.165) is 6.54 Å². The Balaban J connectivity index is 1.74. The van der Waals surface area contributed by atoms with Gasteiger partial charge in [0.25, 0.3) is 0 Å². The van der Waals surface area contributed by atoms with Gasteiger partial charge >= 0.3 is 0 Å². The number of benzene rings is 1. The highest BCUT2D eigenvalue weighted by atomic mass is 35.5. The van der Waals surface area contributed by atoms with E-state index in [1.807, 2.05) is 0 Å². The minimum Gasteiger partial charge on any atom is -0.495 e. The summed E-state index contributed by atoms with van der Waals surface area (Å²) in [6.45, 7) is 0.723. The summed E-state index contributed by atoms with van der Waals surface area (Å²) in [6.07, 6.45) is 5.54. The number of ether oxygens (including phenoxy) is 1. The lowest BCUT2D eigenvalue weighted by Gasteiger charge is -2.12. The molecule has 1 aliphatic carbocycles. The molecule has 2 rings (SSSR count). The van der Waals surface area contributed by atoms with E-state index in [9.17, 15) is 4.79 Å². The van der Waals surface area contributed by atoms with Gasteiger partial charge in [0.05, 0.1) is 12.1 Å². The molecule has 0 radical (unpaired) electrons. The molecule has 0 atom stereocenters. The second kappa shape index (κ2) is 7.50. The van der Waals surface area contributed by atoms with E-state index in [0.29, 0.717) is 28.9 Å². The van der Waals surface area contributed by atoms with Crippen molar-refractivity contribution >= 4 is 23.2 Å². The first-order valence-electron chi connectivity index (χ1n) is 7.06. The highest BCUT2D eigenvalue weighted by molar-refractivity contribution is 6.32. The Kier molecular flexibility index (Phi) is 5.68. The van der Waals surface area contributed by atoms with E-state index in [1.165, 1.54) is 25.7 Å². The van der Waals surface area contributed by atoms with Crippen LogP contribution in [-0.4, -0.2) is 25.6 Å². The van der Waals surface area contributed by atoms with E-state index in [4.69, 9.17) is 16.3 Å². The quantitative estimate of drug-likeness (QED) is 0.847. The van der Waals surface area contributed by atoms with Gasteiger partial charge in [-0.15, -0.1) is 0 Å². The van der Waals surface area contributed by atoms with Crippen LogP contribution < -0.4 is 15.4 Å². The minimum atomic E-state index is -0.00303. The van der Waals surface area contributed by atoms with Gasteiger partial charge in [-0.25, -0.2) is 0 Å². The van der Waals surface area contributed by atoms with Crippen molar-refractivity contribution in [2.75, 3.05) is 19.0 Å². The summed E-state index contributed by atoms with van der Waals surface area (Å²) >= 11 is 6.01. The van der Waals surface area contributed by atoms with Crippen LogP contribution in [0.2, 0.25) is 5.02 Å². The zero-order valence-corrected chi connectivity index (χ0v) is 12.5. The fourth-order valence-electron chi connectivity index (χ4n) is 2.49. The van der Waals surface area contributed by atoms with Crippen LogP contribution in [0.15, 0.2) is 18.2 Å². The summed E-state index contributed by atoms with van der Waals surface area (Å²) < 4.78 is 5.07. The van der Waals surface area contributed by atoms with Crippen molar-refractivity contribution in [1.82, 2.24) is 5.32 Å². The van der Waals surface area contributed by atoms with Gasteiger partial charge in [-0.2, -0.15) is 0 Å². The average Bonchev–Trinajstić information content (AvgIpc) is 2.92. The molecule has 1 aromatic rings. The normalized spacial score (nSPS) is 15.3. The first kappa shape index (κ1) is 15.1. The Morgan fingerprint density at radius 3 is 2.80 bits per heavy atom. The molecule has 1 aliphatic rings. The smallest absolute Gasteiger partial charge is 0.225 e. The third-order valence-electron chi connectivity index (χ3n) is 3.58. The molecule has 110 valence electrons. The van der Waals surface area contributed by atoms with Crippen LogP contribution in [0, 0.1) is 0 Å². The first-order valence-corrected chi connectivity index (χ1v) is 7.43. The molecular weight excluding hydrogens is 276 g/mol. The molecular formula is C15H21ClN2O2. The number of methoxy groups -OCH3 is 1. The zero-order valence-electron chi connectivity index (χ0n) is 11.7. The molecule has 5 heteroatoms. The van der Waals surface area contributed by atoms with Crippen LogP contribution in [0.5, 0.6) is 5.75 Å². The van der Waals surface area contributed by atoms with E-state index in [1.54, 1.807) is 25.3 Å². The van der Waals surface area contributed by atoms with Crippen molar-refractivity contribution in [3.63, 3.8) is 0 Å².